The molecular formula is C19H14N4O2S. The Kier molecular flexibility index (Phi) is 4.37. The maximum absolute atomic E-state index is 12.5. The Balaban J connectivity index is 1.50. The molecule has 0 saturated carbocycles. The average Bonchev–Trinajstić information content (AvgIpc) is 2.68. The van der Waals surface area contributed by atoms with Crippen LogP contribution in [0.5, 0.6) is 0 Å². The van der Waals surface area contributed by atoms with E-state index in [1.165, 1.54) is 11.8 Å². The molecule has 7 heteroatoms. The molecule has 0 spiro atoms. The second kappa shape index (κ2) is 6.97. The number of anilines is 2. The number of hydrogen-bond acceptors (Lipinski definition) is 5. The van der Waals surface area contributed by atoms with Gasteiger partial charge >= 0.3 is 0 Å². The first-order valence-corrected chi connectivity index (χ1v) is 8.93. The Bertz CT molecular complexity index is 975. The lowest BCUT2D eigenvalue weighted by atomic mass is 10.2. The minimum absolute atomic E-state index is 0.0649. The van der Waals surface area contributed by atoms with Crippen molar-refractivity contribution in [3.63, 3.8) is 0 Å². The lowest BCUT2D eigenvalue weighted by Gasteiger charge is -2.16. The smallest absolute Gasteiger partial charge is 0.255 e. The van der Waals surface area contributed by atoms with Gasteiger partial charge in [0.25, 0.3) is 5.91 Å². The lowest BCUT2D eigenvalue weighted by molar-refractivity contribution is -0.113. The Morgan fingerprint density at radius 3 is 2.62 bits per heavy atom. The molecule has 2 heterocycles. The van der Waals surface area contributed by atoms with Crippen LogP contribution in [-0.2, 0) is 4.79 Å². The number of amides is 2. The number of rotatable bonds is 3. The first kappa shape index (κ1) is 16.3. The molecule has 1 aliphatic rings. The molecule has 0 atom stereocenters. The van der Waals surface area contributed by atoms with Crippen LogP contribution in [0.1, 0.15) is 10.4 Å². The van der Waals surface area contributed by atoms with E-state index in [0.717, 1.165) is 10.5 Å². The van der Waals surface area contributed by atoms with Crippen molar-refractivity contribution in [2.45, 2.75) is 4.90 Å². The zero-order valence-electron chi connectivity index (χ0n) is 13.6. The molecule has 26 heavy (non-hydrogen) atoms. The highest BCUT2D eigenvalue weighted by Crippen LogP contribution is 2.32. The first-order chi connectivity index (χ1) is 12.7. The van der Waals surface area contributed by atoms with Crippen LogP contribution in [-0.4, -0.2) is 27.5 Å². The molecule has 2 amide bonds. The second-order valence-corrected chi connectivity index (χ2v) is 6.68. The molecule has 0 aliphatic carbocycles. The zero-order valence-corrected chi connectivity index (χ0v) is 14.4. The molecule has 128 valence electrons. The van der Waals surface area contributed by atoms with Crippen LogP contribution in [0.25, 0.3) is 11.4 Å². The van der Waals surface area contributed by atoms with E-state index in [0.29, 0.717) is 28.5 Å². The van der Waals surface area contributed by atoms with E-state index in [9.17, 15) is 9.59 Å². The molecule has 0 fully saturated rings. The van der Waals surface area contributed by atoms with Gasteiger partial charge in [-0.15, -0.1) is 11.8 Å². The summed E-state index contributed by atoms with van der Waals surface area (Å²) in [6.45, 7) is 0. The molecule has 0 radical (unpaired) electrons. The van der Waals surface area contributed by atoms with Gasteiger partial charge in [-0.05, 0) is 18.2 Å². The molecule has 2 aromatic carbocycles. The summed E-state index contributed by atoms with van der Waals surface area (Å²) in [5, 5.41) is 5.55. The Morgan fingerprint density at radius 1 is 1.08 bits per heavy atom. The summed E-state index contributed by atoms with van der Waals surface area (Å²) in [6, 6.07) is 14.9. The van der Waals surface area contributed by atoms with Crippen LogP contribution in [0.4, 0.5) is 11.4 Å². The summed E-state index contributed by atoms with van der Waals surface area (Å²) in [7, 11) is 0. The van der Waals surface area contributed by atoms with Gasteiger partial charge < -0.3 is 10.6 Å². The van der Waals surface area contributed by atoms with Gasteiger partial charge in [-0.25, -0.2) is 9.97 Å². The predicted octanol–water partition coefficient (Wildman–Crippen LogP) is 3.44. The van der Waals surface area contributed by atoms with Gasteiger partial charge in [0.05, 0.1) is 29.5 Å². The number of aromatic nitrogens is 2. The number of thioether (sulfide) groups is 1. The van der Waals surface area contributed by atoms with E-state index in [4.69, 9.17) is 0 Å². The maximum Gasteiger partial charge on any atom is 0.255 e. The fourth-order valence-corrected chi connectivity index (χ4v) is 3.34. The van der Waals surface area contributed by atoms with Crippen molar-refractivity contribution in [1.82, 2.24) is 9.97 Å². The van der Waals surface area contributed by atoms with Crippen molar-refractivity contribution in [2.75, 3.05) is 16.4 Å². The van der Waals surface area contributed by atoms with Gasteiger partial charge in [-0.2, -0.15) is 0 Å². The molecular weight excluding hydrogens is 348 g/mol. The third-order valence-electron chi connectivity index (χ3n) is 3.82. The van der Waals surface area contributed by atoms with Gasteiger partial charge in [-0.1, -0.05) is 30.3 Å². The average molecular weight is 362 g/mol. The molecule has 4 rings (SSSR count). The van der Waals surface area contributed by atoms with Crippen LogP contribution in [0.15, 0.2) is 65.8 Å². The maximum atomic E-state index is 12.5. The SMILES string of the molecule is O=C1CSc2ccc(C(=O)Nc3cnc(-c4ccccc4)nc3)cc2N1. The number of carbonyl (C=O) groups excluding carboxylic acids is 2. The summed E-state index contributed by atoms with van der Waals surface area (Å²) in [5.74, 6) is 0.639. The van der Waals surface area contributed by atoms with Gasteiger partial charge in [0, 0.05) is 16.0 Å². The molecule has 1 aromatic heterocycles. The highest BCUT2D eigenvalue weighted by atomic mass is 32.2. The summed E-state index contributed by atoms with van der Waals surface area (Å²) in [5.41, 5.74) is 2.53. The number of nitrogens with one attached hydrogen (secondary N) is 2. The highest BCUT2D eigenvalue weighted by Gasteiger charge is 2.17. The Hall–Kier alpha value is -3.19. The van der Waals surface area contributed by atoms with Crippen molar-refractivity contribution in [3.05, 3.63) is 66.5 Å². The monoisotopic (exact) mass is 362 g/mol. The van der Waals surface area contributed by atoms with Crippen LogP contribution < -0.4 is 10.6 Å². The van der Waals surface area contributed by atoms with Gasteiger partial charge in [0.2, 0.25) is 5.91 Å². The largest absolute Gasteiger partial charge is 0.324 e. The lowest BCUT2D eigenvalue weighted by Crippen LogP contribution is -2.20. The summed E-state index contributed by atoms with van der Waals surface area (Å²) >= 11 is 1.46. The minimum atomic E-state index is -0.284. The van der Waals surface area contributed by atoms with Crippen LogP contribution >= 0.6 is 11.8 Å². The molecule has 0 bridgehead atoms. The molecule has 3 aromatic rings. The van der Waals surface area contributed by atoms with Crippen molar-refractivity contribution in [3.8, 4) is 11.4 Å². The molecule has 0 saturated heterocycles. The second-order valence-electron chi connectivity index (χ2n) is 5.66. The van der Waals surface area contributed by atoms with Crippen LogP contribution in [0.2, 0.25) is 0 Å². The van der Waals surface area contributed by atoms with Crippen LogP contribution in [0.3, 0.4) is 0 Å². The third kappa shape index (κ3) is 3.43. The number of hydrogen-bond donors (Lipinski definition) is 2. The number of carbonyl (C=O) groups is 2. The highest BCUT2D eigenvalue weighted by molar-refractivity contribution is 8.00. The van der Waals surface area contributed by atoms with E-state index in [-0.39, 0.29) is 11.8 Å². The Morgan fingerprint density at radius 2 is 1.85 bits per heavy atom. The number of nitrogens with zero attached hydrogens (tertiary/aromatic N) is 2. The van der Waals surface area contributed by atoms with E-state index in [1.54, 1.807) is 24.5 Å². The fraction of sp³-hybridized carbons (Fsp3) is 0.0526. The number of fused-ring (bicyclic) bond motifs is 1. The van der Waals surface area contributed by atoms with Crippen molar-refractivity contribution in [1.29, 1.82) is 0 Å². The normalized spacial score (nSPS) is 12.8. The third-order valence-corrected chi connectivity index (χ3v) is 4.89. The van der Waals surface area contributed by atoms with Gasteiger partial charge in [-0.3, -0.25) is 9.59 Å². The van der Waals surface area contributed by atoms with Crippen LogP contribution in [0, 0.1) is 0 Å². The fourth-order valence-electron chi connectivity index (χ4n) is 2.56. The molecule has 2 N–H and O–H groups in total. The Labute approximate surface area is 154 Å². The molecule has 6 nitrogen and oxygen atoms in total. The van der Waals surface area contributed by atoms with E-state index in [2.05, 4.69) is 20.6 Å². The summed E-state index contributed by atoms with van der Waals surface area (Å²) < 4.78 is 0. The van der Waals surface area contributed by atoms with Gasteiger partial charge in [0.15, 0.2) is 5.82 Å². The number of benzene rings is 2. The van der Waals surface area contributed by atoms with Gasteiger partial charge in [0.1, 0.15) is 0 Å². The van der Waals surface area contributed by atoms with Crippen molar-refractivity contribution in [2.24, 2.45) is 0 Å². The molecule has 1 aliphatic heterocycles. The van der Waals surface area contributed by atoms with E-state index in [1.807, 2.05) is 36.4 Å². The van der Waals surface area contributed by atoms with E-state index < -0.39 is 0 Å². The van der Waals surface area contributed by atoms with Crippen molar-refractivity contribution < 1.29 is 9.59 Å². The standard InChI is InChI=1S/C19H14N4O2S/c24-17-11-26-16-7-6-13(8-15(16)23-17)19(25)22-14-9-20-18(21-10-14)12-4-2-1-3-5-12/h1-10H,11H2,(H,22,25)(H,23,24). The zero-order chi connectivity index (χ0) is 17.9. The van der Waals surface area contributed by atoms with Crippen molar-refractivity contribution >= 4 is 35.0 Å². The summed E-state index contributed by atoms with van der Waals surface area (Å²) in [4.78, 5) is 33.5. The predicted molar refractivity (Wildman–Crippen MR) is 101 cm³/mol. The molecule has 0 unspecified atom stereocenters. The quantitative estimate of drug-likeness (QED) is 0.746. The summed E-state index contributed by atoms with van der Waals surface area (Å²) in [6.07, 6.45) is 3.15. The first-order valence-electron chi connectivity index (χ1n) is 7.94. The minimum Gasteiger partial charge on any atom is -0.324 e. The van der Waals surface area contributed by atoms with E-state index >= 15 is 0 Å². The topological polar surface area (TPSA) is 84.0 Å².